The summed E-state index contributed by atoms with van der Waals surface area (Å²) in [5.74, 6) is 0.686. The molecular formula is C17H24N2O2. The van der Waals surface area contributed by atoms with Gasteiger partial charge in [0.1, 0.15) is 12.0 Å². The number of benzene rings is 1. The van der Waals surface area contributed by atoms with Gasteiger partial charge in [0.05, 0.1) is 0 Å². The first-order chi connectivity index (χ1) is 10.1. The van der Waals surface area contributed by atoms with Gasteiger partial charge >= 0.3 is 0 Å². The molecule has 5 atom stereocenters. The minimum absolute atomic E-state index is 0.319. The molecule has 2 fully saturated rings. The van der Waals surface area contributed by atoms with E-state index in [9.17, 15) is 9.90 Å². The average Bonchev–Trinajstić information content (AvgIpc) is 3.12. The van der Waals surface area contributed by atoms with Crippen LogP contribution in [0.25, 0.3) is 0 Å². The third kappa shape index (κ3) is 2.52. The van der Waals surface area contributed by atoms with Crippen molar-refractivity contribution in [3.05, 3.63) is 35.4 Å². The summed E-state index contributed by atoms with van der Waals surface area (Å²) in [6.45, 7) is 6.94. The Morgan fingerprint density at radius 2 is 2.19 bits per heavy atom. The lowest BCUT2D eigenvalue weighted by atomic mass is 9.87. The second kappa shape index (κ2) is 5.52. The van der Waals surface area contributed by atoms with Crippen molar-refractivity contribution >= 4 is 6.29 Å². The van der Waals surface area contributed by atoms with Crippen molar-refractivity contribution in [1.29, 1.82) is 0 Å². The molecule has 1 unspecified atom stereocenters. The summed E-state index contributed by atoms with van der Waals surface area (Å²) in [6, 6.07) is 8.21. The molecular weight excluding hydrogens is 264 g/mol. The van der Waals surface area contributed by atoms with Crippen LogP contribution in [0.4, 0.5) is 0 Å². The van der Waals surface area contributed by atoms with E-state index in [1.54, 1.807) is 0 Å². The fourth-order valence-corrected chi connectivity index (χ4v) is 3.73. The van der Waals surface area contributed by atoms with Crippen LogP contribution in [0.2, 0.25) is 0 Å². The largest absolute Gasteiger partial charge is 0.374 e. The van der Waals surface area contributed by atoms with Gasteiger partial charge in [0.2, 0.25) is 0 Å². The highest BCUT2D eigenvalue weighted by Gasteiger charge is 2.65. The highest BCUT2D eigenvalue weighted by atomic mass is 16.3. The smallest absolute Gasteiger partial charge is 0.150 e. The molecule has 0 radical (unpaired) electrons. The van der Waals surface area contributed by atoms with Crippen LogP contribution in [0.3, 0.4) is 0 Å². The molecule has 1 aromatic carbocycles. The van der Waals surface area contributed by atoms with Gasteiger partial charge in [0.15, 0.2) is 0 Å². The molecule has 0 spiro atoms. The number of rotatable bonds is 6. The van der Waals surface area contributed by atoms with Crippen molar-refractivity contribution in [2.24, 2.45) is 5.92 Å². The molecule has 4 heteroatoms. The Morgan fingerprint density at radius 3 is 2.81 bits per heavy atom. The third-order valence-electron chi connectivity index (χ3n) is 5.19. The number of nitrogens with zero attached hydrogens (tertiary/aromatic N) is 1. The van der Waals surface area contributed by atoms with E-state index in [0.29, 0.717) is 23.4 Å². The van der Waals surface area contributed by atoms with Crippen LogP contribution in [0.5, 0.6) is 0 Å². The van der Waals surface area contributed by atoms with Gasteiger partial charge in [-0.1, -0.05) is 38.1 Å². The second-order valence-electron chi connectivity index (χ2n) is 6.39. The molecule has 2 N–H and O–H groups in total. The third-order valence-corrected chi connectivity index (χ3v) is 5.19. The number of nitrogens with one attached hydrogen (secondary N) is 1. The summed E-state index contributed by atoms with van der Waals surface area (Å²) in [5.41, 5.74) is 1.37. The number of carbonyl (C=O) groups is 1. The molecule has 0 aliphatic carbocycles. The Balaban J connectivity index is 1.71. The first-order valence-electron chi connectivity index (χ1n) is 7.85. The van der Waals surface area contributed by atoms with E-state index >= 15 is 0 Å². The Labute approximate surface area is 126 Å². The summed E-state index contributed by atoms with van der Waals surface area (Å²) >= 11 is 0. The van der Waals surface area contributed by atoms with Gasteiger partial charge in [0.25, 0.3) is 0 Å². The van der Waals surface area contributed by atoms with E-state index in [1.165, 1.54) is 5.56 Å². The summed E-state index contributed by atoms with van der Waals surface area (Å²) in [7, 11) is 0. The molecule has 114 valence electrons. The van der Waals surface area contributed by atoms with E-state index in [0.717, 1.165) is 32.3 Å². The number of aliphatic hydroxyl groups is 1. The maximum Gasteiger partial charge on any atom is 0.150 e. The minimum atomic E-state index is -0.580. The predicted octanol–water partition coefficient (Wildman–Crippen LogP) is 1.60. The Hall–Kier alpha value is -1.23. The summed E-state index contributed by atoms with van der Waals surface area (Å²) in [4.78, 5) is 13.0. The van der Waals surface area contributed by atoms with E-state index in [-0.39, 0.29) is 0 Å². The van der Waals surface area contributed by atoms with Crippen molar-refractivity contribution in [2.75, 3.05) is 19.6 Å². The molecule has 0 aromatic heterocycles. The van der Waals surface area contributed by atoms with Crippen LogP contribution in [0, 0.1) is 5.92 Å². The highest BCUT2D eigenvalue weighted by molar-refractivity contribution is 5.74. The van der Waals surface area contributed by atoms with E-state index in [4.69, 9.17) is 0 Å². The molecule has 3 rings (SSSR count). The van der Waals surface area contributed by atoms with Crippen LogP contribution in [0.15, 0.2) is 24.3 Å². The number of aldehydes is 1. The summed E-state index contributed by atoms with van der Waals surface area (Å²) in [6.07, 6.45) is 1.90. The highest BCUT2D eigenvalue weighted by Crippen LogP contribution is 2.52. The number of hydrogen-bond donors (Lipinski definition) is 2. The molecule has 0 amide bonds. The molecule has 0 saturated carbocycles. The zero-order valence-electron chi connectivity index (χ0n) is 12.7. The van der Waals surface area contributed by atoms with Crippen molar-refractivity contribution in [1.82, 2.24) is 10.2 Å². The number of hydrogen-bond acceptors (Lipinski definition) is 4. The number of fused-ring (bicyclic) bond motifs is 1. The molecule has 2 aliphatic heterocycles. The molecule has 1 aromatic rings. The van der Waals surface area contributed by atoms with Gasteiger partial charge in [-0.3, -0.25) is 9.69 Å². The van der Waals surface area contributed by atoms with E-state index in [2.05, 4.69) is 24.1 Å². The van der Waals surface area contributed by atoms with Gasteiger partial charge in [-0.25, -0.2) is 0 Å². The Bertz CT molecular complexity index is 516. The van der Waals surface area contributed by atoms with Gasteiger partial charge in [-0.15, -0.1) is 0 Å². The first-order valence-corrected chi connectivity index (χ1v) is 7.85. The van der Waals surface area contributed by atoms with E-state index < -0.39 is 5.72 Å². The maximum atomic E-state index is 10.7. The monoisotopic (exact) mass is 288 g/mol. The predicted molar refractivity (Wildman–Crippen MR) is 82.3 cm³/mol. The lowest BCUT2D eigenvalue weighted by Crippen LogP contribution is -2.32. The molecule has 2 saturated heterocycles. The fraction of sp³-hybridized carbons (Fsp3) is 0.588. The minimum Gasteiger partial charge on any atom is -0.374 e. The first kappa shape index (κ1) is 14.7. The van der Waals surface area contributed by atoms with Crippen molar-refractivity contribution in [3.63, 3.8) is 0 Å². The normalized spacial score (nSPS) is 35.3. The molecule has 2 aliphatic rings. The number of carbonyl (C=O) groups excluding carboxylic acids is 1. The van der Waals surface area contributed by atoms with Crippen molar-refractivity contribution in [2.45, 2.75) is 38.0 Å². The van der Waals surface area contributed by atoms with Crippen LogP contribution in [0.1, 0.15) is 42.1 Å². The van der Waals surface area contributed by atoms with Crippen molar-refractivity contribution in [3.8, 4) is 0 Å². The second-order valence-corrected chi connectivity index (χ2v) is 6.39. The lowest BCUT2D eigenvalue weighted by molar-refractivity contribution is 0.0620. The number of piperidine rings is 1. The zero-order chi connectivity index (χ0) is 15.0. The summed E-state index contributed by atoms with van der Waals surface area (Å²) in [5, 5.41) is 14.0. The molecule has 0 bridgehead atoms. The quantitative estimate of drug-likeness (QED) is 0.617. The fourth-order valence-electron chi connectivity index (χ4n) is 3.73. The molecule has 4 nitrogen and oxygen atoms in total. The van der Waals surface area contributed by atoms with Gasteiger partial charge in [-0.05, 0) is 24.4 Å². The van der Waals surface area contributed by atoms with Gasteiger partial charge < -0.3 is 10.4 Å². The van der Waals surface area contributed by atoms with Crippen LogP contribution in [-0.2, 0) is 0 Å². The van der Waals surface area contributed by atoms with Crippen LogP contribution < -0.4 is 5.32 Å². The Kier molecular flexibility index (Phi) is 3.86. The van der Waals surface area contributed by atoms with Crippen molar-refractivity contribution < 1.29 is 9.90 Å². The van der Waals surface area contributed by atoms with Crippen LogP contribution in [-0.4, -0.2) is 47.7 Å². The average molecular weight is 288 g/mol. The SMILES string of the molecule is CCNC[C@@H]1C[C@H]([C@H](C)c2ccc(C=O)cc2)N2C[C@]12O. The van der Waals surface area contributed by atoms with Gasteiger partial charge in [-0.2, -0.15) is 0 Å². The van der Waals surface area contributed by atoms with Gasteiger partial charge in [0, 0.05) is 30.6 Å². The molecule has 21 heavy (non-hydrogen) atoms. The van der Waals surface area contributed by atoms with E-state index in [1.807, 2.05) is 24.3 Å². The lowest BCUT2D eigenvalue weighted by Gasteiger charge is -2.23. The summed E-state index contributed by atoms with van der Waals surface area (Å²) < 4.78 is 0. The maximum absolute atomic E-state index is 10.7. The molecule has 2 heterocycles. The zero-order valence-corrected chi connectivity index (χ0v) is 12.7. The Morgan fingerprint density at radius 1 is 1.48 bits per heavy atom. The van der Waals surface area contributed by atoms with Crippen LogP contribution >= 0.6 is 0 Å². The standard InChI is InChI=1S/C17H24N2O2/c1-3-18-9-15-8-16(19-11-17(15,19)21)12(2)14-6-4-13(10-20)5-7-14/h4-7,10,12,15-16,18,21H,3,8-9,11H2,1-2H3/t12-,15+,16-,17+,19?/m1/s1. The topological polar surface area (TPSA) is 52.3 Å².